The molecule has 0 bridgehead atoms. The Hall–Kier alpha value is -3.73. The second kappa shape index (κ2) is 10.9. The lowest BCUT2D eigenvalue weighted by atomic mass is 10.2. The zero-order valence-electron chi connectivity index (χ0n) is 17.9. The minimum absolute atomic E-state index is 0.0561. The molecule has 3 aromatic carbocycles. The van der Waals surface area contributed by atoms with E-state index in [0.29, 0.717) is 27.6 Å². The number of amides is 2. The molecule has 6 nitrogen and oxygen atoms in total. The van der Waals surface area contributed by atoms with Crippen LogP contribution in [0.1, 0.15) is 10.4 Å². The predicted molar refractivity (Wildman–Crippen MR) is 120 cm³/mol. The Morgan fingerprint density at radius 1 is 0.824 bits per heavy atom. The number of methoxy groups -OCH3 is 2. The van der Waals surface area contributed by atoms with E-state index in [1.165, 1.54) is 20.3 Å². The third-order valence-electron chi connectivity index (χ3n) is 4.50. The Kier molecular flexibility index (Phi) is 8.00. The van der Waals surface area contributed by atoms with Crippen molar-refractivity contribution in [3.63, 3.8) is 0 Å². The fourth-order valence-corrected chi connectivity index (χ4v) is 3.52. The SMILES string of the molecule is COc1ccc(C(=O)Nc2ccc(SCC(=O)Nc3c(F)c(F)cc(F)c3F)cc2)cc1OC. The zero-order chi connectivity index (χ0) is 24.8. The molecule has 178 valence electrons. The molecule has 0 atom stereocenters. The molecule has 3 aromatic rings. The molecule has 0 saturated heterocycles. The molecule has 0 saturated carbocycles. The topological polar surface area (TPSA) is 76.7 Å². The van der Waals surface area contributed by atoms with Crippen molar-refractivity contribution in [3.05, 3.63) is 77.4 Å². The maximum absolute atomic E-state index is 13.7. The molecule has 2 amide bonds. The Labute approximate surface area is 196 Å². The van der Waals surface area contributed by atoms with Crippen LogP contribution in [0.25, 0.3) is 0 Å². The van der Waals surface area contributed by atoms with E-state index in [0.717, 1.165) is 11.8 Å². The molecule has 0 radical (unpaired) electrons. The Balaban J connectivity index is 1.58. The van der Waals surface area contributed by atoms with E-state index < -0.39 is 34.9 Å². The van der Waals surface area contributed by atoms with Crippen molar-refractivity contribution in [2.45, 2.75) is 4.90 Å². The summed E-state index contributed by atoms with van der Waals surface area (Å²) in [5.41, 5.74) is -0.356. The van der Waals surface area contributed by atoms with Crippen LogP contribution in [0.2, 0.25) is 0 Å². The summed E-state index contributed by atoms with van der Waals surface area (Å²) in [4.78, 5) is 25.1. The van der Waals surface area contributed by atoms with Gasteiger partial charge in [-0.25, -0.2) is 17.6 Å². The van der Waals surface area contributed by atoms with Crippen molar-refractivity contribution < 1.29 is 36.6 Å². The normalized spacial score (nSPS) is 10.5. The van der Waals surface area contributed by atoms with E-state index in [1.54, 1.807) is 36.4 Å². The van der Waals surface area contributed by atoms with Gasteiger partial charge < -0.3 is 20.1 Å². The highest BCUT2D eigenvalue weighted by molar-refractivity contribution is 8.00. The average molecular weight is 494 g/mol. The summed E-state index contributed by atoms with van der Waals surface area (Å²) in [6, 6.07) is 11.2. The molecule has 0 fully saturated rings. The lowest BCUT2D eigenvalue weighted by molar-refractivity contribution is -0.113. The van der Waals surface area contributed by atoms with Crippen LogP contribution in [0.4, 0.5) is 28.9 Å². The molecule has 0 aliphatic carbocycles. The number of anilines is 2. The number of ether oxygens (including phenoxy) is 2. The first-order valence-electron chi connectivity index (χ1n) is 9.62. The van der Waals surface area contributed by atoms with Gasteiger partial charge in [-0.1, -0.05) is 0 Å². The molecule has 0 aromatic heterocycles. The predicted octanol–water partition coefficient (Wildman–Crippen LogP) is 5.24. The lowest BCUT2D eigenvalue weighted by Crippen LogP contribution is -2.17. The average Bonchev–Trinajstić information content (AvgIpc) is 2.84. The van der Waals surface area contributed by atoms with Crippen LogP contribution in [0.5, 0.6) is 11.5 Å². The quantitative estimate of drug-likeness (QED) is 0.254. The molecule has 34 heavy (non-hydrogen) atoms. The number of thioether (sulfide) groups is 1. The standard InChI is InChI=1S/C23H18F4N2O4S/c1-32-17-8-3-12(9-18(17)33-2)23(31)28-13-4-6-14(7-5-13)34-11-19(30)29-22-20(26)15(24)10-16(25)21(22)27/h3-10H,11H2,1-2H3,(H,28,31)(H,29,30). The number of halogens is 4. The second-order valence-electron chi connectivity index (χ2n) is 6.73. The summed E-state index contributed by atoms with van der Waals surface area (Å²) < 4.78 is 64.2. The van der Waals surface area contributed by atoms with E-state index in [4.69, 9.17) is 9.47 Å². The third kappa shape index (κ3) is 5.79. The van der Waals surface area contributed by atoms with Crippen LogP contribution < -0.4 is 20.1 Å². The third-order valence-corrected chi connectivity index (χ3v) is 5.52. The molecule has 3 rings (SSSR count). The van der Waals surface area contributed by atoms with Gasteiger partial charge in [0, 0.05) is 22.2 Å². The van der Waals surface area contributed by atoms with Gasteiger partial charge in [0.25, 0.3) is 5.91 Å². The molecule has 0 aliphatic rings. The summed E-state index contributed by atoms with van der Waals surface area (Å²) in [6.07, 6.45) is 0. The van der Waals surface area contributed by atoms with Crippen LogP contribution in [0.15, 0.2) is 53.4 Å². The number of carbonyl (C=O) groups excluding carboxylic acids is 2. The van der Waals surface area contributed by atoms with Gasteiger partial charge in [0.15, 0.2) is 34.8 Å². The van der Waals surface area contributed by atoms with Crippen LogP contribution in [-0.2, 0) is 4.79 Å². The first-order valence-corrected chi connectivity index (χ1v) is 10.6. The summed E-state index contributed by atoms with van der Waals surface area (Å²) in [5.74, 6) is -7.25. The summed E-state index contributed by atoms with van der Waals surface area (Å²) in [6.45, 7) is 0. The minimum Gasteiger partial charge on any atom is -0.493 e. The zero-order valence-corrected chi connectivity index (χ0v) is 18.7. The van der Waals surface area contributed by atoms with Gasteiger partial charge in [-0.05, 0) is 42.5 Å². The van der Waals surface area contributed by atoms with E-state index >= 15 is 0 Å². The summed E-state index contributed by atoms with van der Waals surface area (Å²) in [7, 11) is 2.94. The smallest absolute Gasteiger partial charge is 0.255 e. The van der Waals surface area contributed by atoms with E-state index in [-0.39, 0.29) is 17.7 Å². The van der Waals surface area contributed by atoms with Gasteiger partial charge in [-0.15, -0.1) is 11.8 Å². The van der Waals surface area contributed by atoms with Gasteiger partial charge in [0.05, 0.1) is 20.0 Å². The number of rotatable bonds is 8. The summed E-state index contributed by atoms with van der Waals surface area (Å²) >= 11 is 1.01. The number of hydrogen-bond acceptors (Lipinski definition) is 5. The molecule has 0 spiro atoms. The van der Waals surface area contributed by atoms with Gasteiger partial charge in [0.1, 0.15) is 5.69 Å². The lowest BCUT2D eigenvalue weighted by Gasteiger charge is -2.11. The molecule has 0 unspecified atom stereocenters. The highest BCUT2D eigenvalue weighted by Crippen LogP contribution is 2.28. The molecule has 0 heterocycles. The van der Waals surface area contributed by atoms with Gasteiger partial charge in [-0.3, -0.25) is 9.59 Å². The van der Waals surface area contributed by atoms with Gasteiger partial charge >= 0.3 is 0 Å². The largest absolute Gasteiger partial charge is 0.493 e. The molecule has 11 heteroatoms. The van der Waals surface area contributed by atoms with Crippen LogP contribution >= 0.6 is 11.8 Å². The monoisotopic (exact) mass is 494 g/mol. The Morgan fingerprint density at radius 3 is 2.03 bits per heavy atom. The maximum atomic E-state index is 13.7. The number of nitrogens with one attached hydrogen (secondary N) is 2. The molecular weight excluding hydrogens is 476 g/mol. The number of benzene rings is 3. The van der Waals surface area contributed by atoms with Crippen LogP contribution in [-0.4, -0.2) is 31.8 Å². The fraction of sp³-hybridized carbons (Fsp3) is 0.130. The van der Waals surface area contributed by atoms with Crippen molar-refractivity contribution in [2.75, 3.05) is 30.6 Å². The van der Waals surface area contributed by atoms with Crippen LogP contribution in [0.3, 0.4) is 0 Å². The second-order valence-corrected chi connectivity index (χ2v) is 7.78. The van der Waals surface area contributed by atoms with Crippen molar-refractivity contribution in [1.82, 2.24) is 0 Å². The highest BCUT2D eigenvalue weighted by Gasteiger charge is 2.21. The number of hydrogen-bond donors (Lipinski definition) is 2. The number of carbonyl (C=O) groups is 2. The van der Waals surface area contributed by atoms with E-state index in [1.807, 2.05) is 5.32 Å². The minimum atomic E-state index is -1.69. The van der Waals surface area contributed by atoms with E-state index in [9.17, 15) is 27.2 Å². The first kappa shape index (κ1) is 24.9. The van der Waals surface area contributed by atoms with Gasteiger partial charge in [0.2, 0.25) is 5.91 Å². The van der Waals surface area contributed by atoms with Crippen molar-refractivity contribution in [1.29, 1.82) is 0 Å². The Morgan fingerprint density at radius 2 is 1.44 bits per heavy atom. The highest BCUT2D eigenvalue weighted by atomic mass is 32.2. The Bertz CT molecular complexity index is 1200. The van der Waals surface area contributed by atoms with Crippen molar-refractivity contribution in [3.8, 4) is 11.5 Å². The van der Waals surface area contributed by atoms with E-state index in [2.05, 4.69) is 5.32 Å². The summed E-state index contributed by atoms with van der Waals surface area (Å²) in [5, 5.41) is 4.55. The fourth-order valence-electron chi connectivity index (χ4n) is 2.82. The van der Waals surface area contributed by atoms with Crippen molar-refractivity contribution in [2.24, 2.45) is 0 Å². The maximum Gasteiger partial charge on any atom is 0.255 e. The first-order chi connectivity index (χ1) is 16.2. The molecule has 0 aliphatic heterocycles. The molecule has 2 N–H and O–H groups in total. The molecular formula is C23H18F4N2O4S. The van der Waals surface area contributed by atoms with Crippen LogP contribution in [0, 0.1) is 23.3 Å². The van der Waals surface area contributed by atoms with Gasteiger partial charge in [-0.2, -0.15) is 0 Å². The van der Waals surface area contributed by atoms with Crippen molar-refractivity contribution >= 4 is 35.0 Å².